The van der Waals surface area contributed by atoms with Gasteiger partial charge in [0.15, 0.2) is 0 Å². The quantitative estimate of drug-likeness (QED) is 0.742. The summed E-state index contributed by atoms with van der Waals surface area (Å²) in [6.07, 6.45) is 2.09. The van der Waals surface area contributed by atoms with Gasteiger partial charge in [0.05, 0.1) is 13.0 Å². The Kier molecular flexibility index (Phi) is 6.49. The predicted octanol–water partition coefficient (Wildman–Crippen LogP) is 0.919. The first-order chi connectivity index (χ1) is 8.63. The molecular weight excluding hydrogens is 236 g/mol. The summed E-state index contributed by atoms with van der Waals surface area (Å²) in [5.74, 6) is -0.511. The molecule has 0 radical (unpaired) electrons. The van der Waals surface area contributed by atoms with E-state index in [9.17, 15) is 9.59 Å². The maximum Gasteiger partial charge on any atom is 0.317 e. The summed E-state index contributed by atoms with van der Waals surface area (Å²) in [7, 11) is 0. The molecule has 0 aromatic rings. The molecule has 0 aromatic heterocycles. The second kappa shape index (κ2) is 7.92. The number of hydrogen-bond donors (Lipinski definition) is 2. The summed E-state index contributed by atoms with van der Waals surface area (Å²) < 4.78 is 5.34. The minimum Gasteiger partial charge on any atom is -0.481 e. The lowest BCUT2D eigenvalue weighted by Gasteiger charge is -2.25. The van der Waals surface area contributed by atoms with E-state index in [4.69, 9.17) is 9.84 Å². The molecule has 1 rings (SSSR count). The molecule has 0 saturated carbocycles. The Balaban J connectivity index is 2.25. The number of carboxylic acids is 1. The second-order valence-corrected chi connectivity index (χ2v) is 4.49. The highest BCUT2D eigenvalue weighted by Crippen LogP contribution is 2.12. The Morgan fingerprint density at radius 2 is 2.28 bits per heavy atom. The van der Waals surface area contributed by atoms with Crippen LogP contribution in [-0.2, 0) is 9.53 Å². The number of nitrogens with zero attached hydrogens (tertiary/aromatic N) is 1. The number of carboxylic acid groups (broad SMARTS) is 1. The van der Waals surface area contributed by atoms with E-state index in [0.29, 0.717) is 25.6 Å². The van der Waals surface area contributed by atoms with Crippen molar-refractivity contribution < 1.29 is 19.4 Å². The lowest BCUT2D eigenvalue weighted by molar-refractivity contribution is -0.137. The van der Waals surface area contributed by atoms with E-state index in [-0.39, 0.29) is 19.0 Å². The van der Waals surface area contributed by atoms with Gasteiger partial charge in [0.1, 0.15) is 0 Å². The molecule has 1 heterocycles. The molecule has 0 aliphatic carbocycles. The van der Waals surface area contributed by atoms with Crippen LogP contribution < -0.4 is 5.32 Å². The molecule has 104 valence electrons. The van der Waals surface area contributed by atoms with Crippen molar-refractivity contribution in [3.05, 3.63) is 0 Å². The molecule has 1 saturated heterocycles. The van der Waals surface area contributed by atoms with E-state index < -0.39 is 5.97 Å². The number of rotatable bonds is 6. The summed E-state index contributed by atoms with van der Waals surface area (Å²) in [6.45, 7) is 4.71. The number of aliphatic carboxylic acids is 1. The Labute approximate surface area is 107 Å². The van der Waals surface area contributed by atoms with Crippen LogP contribution in [0, 0.1) is 5.92 Å². The fourth-order valence-electron chi connectivity index (χ4n) is 1.95. The average Bonchev–Trinajstić information content (AvgIpc) is 2.38. The highest BCUT2D eigenvalue weighted by atomic mass is 16.5. The van der Waals surface area contributed by atoms with Gasteiger partial charge < -0.3 is 20.1 Å². The predicted molar refractivity (Wildman–Crippen MR) is 66.4 cm³/mol. The van der Waals surface area contributed by atoms with Crippen molar-refractivity contribution in [3.63, 3.8) is 0 Å². The molecule has 1 aliphatic rings. The topological polar surface area (TPSA) is 78.9 Å². The normalized spacial score (nSPS) is 19.3. The van der Waals surface area contributed by atoms with E-state index in [1.54, 1.807) is 0 Å². The van der Waals surface area contributed by atoms with E-state index in [2.05, 4.69) is 5.32 Å². The summed E-state index contributed by atoms with van der Waals surface area (Å²) in [5, 5.41) is 11.4. The molecule has 0 bridgehead atoms. The summed E-state index contributed by atoms with van der Waals surface area (Å²) in [5.41, 5.74) is 0. The van der Waals surface area contributed by atoms with Gasteiger partial charge in [0.2, 0.25) is 0 Å². The van der Waals surface area contributed by atoms with E-state index in [0.717, 1.165) is 19.4 Å². The minimum atomic E-state index is -0.887. The number of amides is 2. The number of nitrogens with one attached hydrogen (secondary N) is 1. The monoisotopic (exact) mass is 258 g/mol. The van der Waals surface area contributed by atoms with Crippen LogP contribution in [-0.4, -0.2) is 54.9 Å². The van der Waals surface area contributed by atoms with Crippen LogP contribution in [0.25, 0.3) is 0 Å². The van der Waals surface area contributed by atoms with Gasteiger partial charge in [-0.2, -0.15) is 0 Å². The Morgan fingerprint density at radius 3 is 2.83 bits per heavy atom. The fraction of sp³-hybridized carbons (Fsp3) is 0.833. The number of urea groups is 1. The summed E-state index contributed by atoms with van der Waals surface area (Å²) >= 11 is 0. The largest absolute Gasteiger partial charge is 0.481 e. The van der Waals surface area contributed by atoms with E-state index in [1.807, 2.05) is 6.92 Å². The summed E-state index contributed by atoms with van der Waals surface area (Å²) in [6, 6.07) is -0.190. The SMILES string of the molecule is CCN(CCC(=O)O)C(=O)NCC1CCCOC1. The second-order valence-electron chi connectivity index (χ2n) is 4.49. The first-order valence-corrected chi connectivity index (χ1v) is 6.45. The number of hydrogen-bond acceptors (Lipinski definition) is 3. The third-order valence-electron chi connectivity index (χ3n) is 3.06. The van der Waals surface area contributed by atoms with Gasteiger partial charge in [-0.1, -0.05) is 0 Å². The van der Waals surface area contributed by atoms with Gasteiger partial charge in [0, 0.05) is 26.2 Å². The molecule has 2 amide bonds. The van der Waals surface area contributed by atoms with Gasteiger partial charge in [-0.3, -0.25) is 4.79 Å². The van der Waals surface area contributed by atoms with Crippen molar-refractivity contribution in [1.29, 1.82) is 0 Å². The maximum atomic E-state index is 11.8. The third kappa shape index (κ3) is 5.35. The highest BCUT2D eigenvalue weighted by molar-refractivity contribution is 5.75. The Morgan fingerprint density at radius 1 is 1.50 bits per heavy atom. The average molecular weight is 258 g/mol. The first-order valence-electron chi connectivity index (χ1n) is 6.45. The zero-order chi connectivity index (χ0) is 13.4. The molecule has 1 atom stereocenters. The zero-order valence-electron chi connectivity index (χ0n) is 10.9. The van der Waals surface area contributed by atoms with Crippen molar-refractivity contribution in [2.24, 2.45) is 5.92 Å². The smallest absolute Gasteiger partial charge is 0.317 e. The standard InChI is InChI=1S/C12H22N2O4/c1-2-14(6-5-11(15)16)12(17)13-8-10-4-3-7-18-9-10/h10H,2-9H2,1H3,(H,13,17)(H,15,16). The molecule has 1 aliphatic heterocycles. The van der Waals surface area contributed by atoms with Crippen LogP contribution in [0.5, 0.6) is 0 Å². The van der Waals surface area contributed by atoms with Crippen LogP contribution in [0.2, 0.25) is 0 Å². The lowest BCUT2D eigenvalue weighted by Crippen LogP contribution is -2.43. The zero-order valence-corrected chi connectivity index (χ0v) is 10.9. The van der Waals surface area contributed by atoms with E-state index >= 15 is 0 Å². The summed E-state index contributed by atoms with van der Waals surface area (Å²) in [4.78, 5) is 23.8. The van der Waals surface area contributed by atoms with Crippen molar-refractivity contribution in [2.45, 2.75) is 26.2 Å². The van der Waals surface area contributed by atoms with Crippen molar-refractivity contribution >= 4 is 12.0 Å². The van der Waals surface area contributed by atoms with Crippen molar-refractivity contribution in [3.8, 4) is 0 Å². The number of carbonyl (C=O) groups excluding carboxylic acids is 1. The third-order valence-corrected chi connectivity index (χ3v) is 3.06. The van der Waals surface area contributed by atoms with Crippen LogP contribution in [0.4, 0.5) is 4.79 Å². The molecule has 1 fully saturated rings. The molecule has 0 aromatic carbocycles. The fourth-order valence-corrected chi connectivity index (χ4v) is 1.95. The maximum absolute atomic E-state index is 11.8. The molecule has 1 unspecified atom stereocenters. The Bertz CT molecular complexity index is 277. The number of ether oxygens (including phenoxy) is 1. The van der Waals surface area contributed by atoms with Gasteiger partial charge in [-0.05, 0) is 25.7 Å². The molecule has 2 N–H and O–H groups in total. The van der Waals surface area contributed by atoms with Gasteiger partial charge >= 0.3 is 12.0 Å². The van der Waals surface area contributed by atoms with Gasteiger partial charge in [-0.15, -0.1) is 0 Å². The molecule has 0 spiro atoms. The van der Waals surface area contributed by atoms with Crippen LogP contribution in [0.1, 0.15) is 26.2 Å². The van der Waals surface area contributed by atoms with Crippen molar-refractivity contribution in [1.82, 2.24) is 10.2 Å². The lowest BCUT2D eigenvalue weighted by atomic mass is 10.0. The number of carbonyl (C=O) groups is 2. The molecular formula is C12H22N2O4. The molecule has 6 nitrogen and oxygen atoms in total. The van der Waals surface area contributed by atoms with Crippen LogP contribution in [0.15, 0.2) is 0 Å². The van der Waals surface area contributed by atoms with Crippen LogP contribution >= 0.6 is 0 Å². The minimum absolute atomic E-state index is 0.0200. The Hall–Kier alpha value is -1.30. The molecule has 6 heteroatoms. The van der Waals surface area contributed by atoms with E-state index in [1.165, 1.54) is 4.90 Å². The van der Waals surface area contributed by atoms with Gasteiger partial charge in [-0.25, -0.2) is 4.79 Å². The van der Waals surface area contributed by atoms with Gasteiger partial charge in [0.25, 0.3) is 0 Å². The molecule has 18 heavy (non-hydrogen) atoms. The highest BCUT2D eigenvalue weighted by Gasteiger charge is 2.17. The van der Waals surface area contributed by atoms with Crippen LogP contribution in [0.3, 0.4) is 0 Å². The first kappa shape index (κ1) is 14.8. The van der Waals surface area contributed by atoms with Crippen molar-refractivity contribution in [2.75, 3.05) is 32.8 Å².